The van der Waals surface area contributed by atoms with Crippen molar-refractivity contribution in [3.05, 3.63) is 80.1 Å². The van der Waals surface area contributed by atoms with Gasteiger partial charge in [0.15, 0.2) is 5.43 Å². The molecule has 30 heavy (non-hydrogen) atoms. The molecule has 1 atom stereocenters. The molecule has 0 bridgehead atoms. The highest BCUT2D eigenvalue weighted by Crippen LogP contribution is 2.42. The molecule has 2 aromatic heterocycles. The molecule has 5 rings (SSSR count). The Kier molecular flexibility index (Phi) is 4.52. The zero-order valence-corrected chi connectivity index (χ0v) is 17.2. The number of ether oxygens (including phenoxy) is 1. The van der Waals surface area contributed by atoms with Gasteiger partial charge in [0.2, 0.25) is 10.9 Å². The number of fused-ring (bicyclic) bond motifs is 2. The number of amides is 1. The minimum atomic E-state index is -0.722. The molecule has 2 aromatic carbocycles. The molecule has 0 aliphatic carbocycles. The summed E-state index contributed by atoms with van der Waals surface area (Å²) >= 11 is 7.30. The Morgan fingerprint density at radius 2 is 2.10 bits per heavy atom. The van der Waals surface area contributed by atoms with E-state index in [0.29, 0.717) is 39.0 Å². The average molecular weight is 440 g/mol. The third kappa shape index (κ3) is 2.88. The minimum Gasteiger partial charge on any atom is -0.494 e. The number of benzene rings is 2. The highest BCUT2D eigenvalue weighted by Gasteiger charge is 2.45. The molecule has 150 valence electrons. The van der Waals surface area contributed by atoms with E-state index < -0.39 is 11.9 Å². The number of hydrogen-bond acceptors (Lipinski definition) is 7. The lowest BCUT2D eigenvalue weighted by Gasteiger charge is -2.22. The van der Waals surface area contributed by atoms with Gasteiger partial charge in [-0.25, -0.2) is 0 Å². The number of nitrogens with zero attached hydrogens (tertiary/aromatic N) is 3. The topological polar surface area (TPSA) is 85.5 Å². The summed E-state index contributed by atoms with van der Waals surface area (Å²) in [7, 11) is 0. The molecule has 0 saturated carbocycles. The van der Waals surface area contributed by atoms with Gasteiger partial charge in [-0.1, -0.05) is 35.1 Å². The average Bonchev–Trinajstić information content (AvgIpc) is 3.36. The fourth-order valence-electron chi connectivity index (χ4n) is 3.67. The lowest BCUT2D eigenvalue weighted by Crippen LogP contribution is -2.29. The van der Waals surface area contributed by atoms with Gasteiger partial charge in [0.05, 0.1) is 23.6 Å². The van der Waals surface area contributed by atoms with Crippen LogP contribution in [0.15, 0.2) is 57.2 Å². The molecule has 0 fully saturated rings. The first-order valence-corrected chi connectivity index (χ1v) is 10.4. The number of anilines is 1. The van der Waals surface area contributed by atoms with Gasteiger partial charge < -0.3 is 9.15 Å². The van der Waals surface area contributed by atoms with Gasteiger partial charge in [0.1, 0.15) is 16.8 Å². The fourth-order valence-corrected chi connectivity index (χ4v) is 4.43. The number of halogens is 1. The van der Waals surface area contributed by atoms with Crippen molar-refractivity contribution in [3.8, 4) is 5.75 Å². The molecule has 0 saturated heterocycles. The van der Waals surface area contributed by atoms with Crippen LogP contribution in [0.3, 0.4) is 0 Å². The zero-order chi connectivity index (χ0) is 20.8. The largest absolute Gasteiger partial charge is 0.494 e. The van der Waals surface area contributed by atoms with Gasteiger partial charge in [-0.15, -0.1) is 10.2 Å². The van der Waals surface area contributed by atoms with Crippen molar-refractivity contribution in [3.63, 3.8) is 0 Å². The SMILES string of the molecule is CCOc1cccc([C@@H]2c3c(oc4ccc(Cl)cc4c3=O)C(=O)N2c2nncs2)c1. The lowest BCUT2D eigenvalue weighted by atomic mass is 9.98. The van der Waals surface area contributed by atoms with E-state index in [1.165, 1.54) is 21.7 Å². The van der Waals surface area contributed by atoms with E-state index in [2.05, 4.69) is 10.2 Å². The molecule has 0 spiro atoms. The van der Waals surface area contributed by atoms with Gasteiger partial charge in [-0.2, -0.15) is 0 Å². The number of carbonyl (C=O) groups is 1. The number of carbonyl (C=O) groups excluding carboxylic acids is 1. The Balaban J connectivity index is 1.80. The van der Waals surface area contributed by atoms with Crippen LogP contribution in [0.1, 0.15) is 34.6 Å². The first-order valence-electron chi connectivity index (χ1n) is 9.17. The van der Waals surface area contributed by atoms with Crippen LogP contribution in [-0.2, 0) is 0 Å². The van der Waals surface area contributed by atoms with Crippen LogP contribution in [-0.4, -0.2) is 22.7 Å². The summed E-state index contributed by atoms with van der Waals surface area (Å²) in [5.41, 5.74) is 2.49. The fraction of sp³-hybridized carbons (Fsp3) is 0.143. The maximum Gasteiger partial charge on any atom is 0.297 e. The predicted molar refractivity (Wildman–Crippen MR) is 114 cm³/mol. The Hall–Kier alpha value is -3.23. The molecular weight excluding hydrogens is 426 g/mol. The van der Waals surface area contributed by atoms with Crippen molar-refractivity contribution in [1.29, 1.82) is 0 Å². The van der Waals surface area contributed by atoms with E-state index >= 15 is 0 Å². The molecule has 0 unspecified atom stereocenters. The van der Waals surface area contributed by atoms with Gasteiger partial charge in [-0.05, 0) is 42.8 Å². The van der Waals surface area contributed by atoms with Crippen molar-refractivity contribution in [1.82, 2.24) is 10.2 Å². The summed E-state index contributed by atoms with van der Waals surface area (Å²) in [5, 5.41) is 9.01. The van der Waals surface area contributed by atoms with Gasteiger partial charge in [-0.3, -0.25) is 14.5 Å². The highest BCUT2D eigenvalue weighted by molar-refractivity contribution is 7.13. The van der Waals surface area contributed by atoms with Crippen molar-refractivity contribution in [2.24, 2.45) is 0 Å². The van der Waals surface area contributed by atoms with Crippen molar-refractivity contribution in [2.75, 3.05) is 11.5 Å². The second-order valence-electron chi connectivity index (χ2n) is 6.62. The van der Waals surface area contributed by atoms with Gasteiger partial charge >= 0.3 is 0 Å². The zero-order valence-electron chi connectivity index (χ0n) is 15.7. The predicted octanol–water partition coefficient (Wildman–Crippen LogP) is 4.45. The smallest absolute Gasteiger partial charge is 0.297 e. The van der Waals surface area contributed by atoms with Gasteiger partial charge in [0.25, 0.3) is 5.91 Å². The van der Waals surface area contributed by atoms with Crippen LogP contribution >= 0.6 is 22.9 Å². The van der Waals surface area contributed by atoms with Crippen molar-refractivity contribution >= 4 is 44.9 Å². The van der Waals surface area contributed by atoms with E-state index in [1.54, 1.807) is 18.2 Å². The number of rotatable bonds is 4. The third-order valence-electron chi connectivity index (χ3n) is 4.87. The van der Waals surface area contributed by atoms with Gasteiger partial charge in [0, 0.05) is 5.02 Å². The molecule has 3 heterocycles. The lowest BCUT2D eigenvalue weighted by molar-refractivity contribution is 0.0970. The van der Waals surface area contributed by atoms with Crippen LogP contribution in [0.4, 0.5) is 5.13 Å². The first kappa shape index (κ1) is 18.8. The molecule has 0 N–H and O–H groups in total. The molecular formula is C21H14ClN3O4S. The van der Waals surface area contributed by atoms with E-state index in [-0.39, 0.29) is 16.8 Å². The second-order valence-corrected chi connectivity index (χ2v) is 7.87. The van der Waals surface area contributed by atoms with Crippen molar-refractivity contribution < 1.29 is 13.9 Å². The van der Waals surface area contributed by atoms with Crippen LogP contribution in [0.25, 0.3) is 11.0 Å². The van der Waals surface area contributed by atoms with Crippen LogP contribution in [0.5, 0.6) is 5.75 Å². The Bertz CT molecular complexity index is 1340. The molecule has 9 heteroatoms. The Morgan fingerprint density at radius 3 is 2.87 bits per heavy atom. The standard InChI is InChI=1S/C21H14ClN3O4S/c1-2-28-13-5-3-4-11(8-13)17-16-18(26)14-9-12(22)6-7-15(14)29-19(16)20(27)25(17)21-24-23-10-30-21/h3-10,17H,2H2,1H3/t17-/m1/s1. The maximum absolute atomic E-state index is 13.5. The van der Waals surface area contributed by atoms with Crippen LogP contribution < -0.4 is 15.1 Å². The molecule has 0 radical (unpaired) electrons. The molecule has 7 nitrogen and oxygen atoms in total. The summed E-state index contributed by atoms with van der Waals surface area (Å²) in [6.45, 7) is 2.38. The first-order chi connectivity index (χ1) is 14.6. The molecule has 1 aliphatic heterocycles. The molecule has 1 amide bonds. The number of hydrogen-bond donors (Lipinski definition) is 0. The van der Waals surface area contributed by atoms with E-state index in [1.807, 2.05) is 31.2 Å². The highest BCUT2D eigenvalue weighted by atomic mass is 35.5. The summed E-state index contributed by atoms with van der Waals surface area (Å²) in [5.74, 6) is 0.195. The van der Waals surface area contributed by atoms with Crippen molar-refractivity contribution in [2.45, 2.75) is 13.0 Å². The second kappa shape index (κ2) is 7.23. The summed E-state index contributed by atoms with van der Waals surface area (Å²) < 4.78 is 11.5. The summed E-state index contributed by atoms with van der Waals surface area (Å²) in [4.78, 5) is 28.2. The van der Waals surface area contributed by atoms with E-state index in [9.17, 15) is 9.59 Å². The number of aromatic nitrogens is 2. The van der Waals surface area contributed by atoms with Crippen LogP contribution in [0, 0.1) is 0 Å². The van der Waals surface area contributed by atoms with E-state index in [0.717, 1.165) is 0 Å². The van der Waals surface area contributed by atoms with E-state index in [4.69, 9.17) is 20.8 Å². The normalized spacial score (nSPS) is 15.6. The monoisotopic (exact) mass is 439 g/mol. The minimum absolute atomic E-state index is 0.00293. The summed E-state index contributed by atoms with van der Waals surface area (Å²) in [6, 6.07) is 11.3. The summed E-state index contributed by atoms with van der Waals surface area (Å²) in [6.07, 6.45) is 0. The quantitative estimate of drug-likeness (QED) is 0.467. The Morgan fingerprint density at radius 1 is 1.23 bits per heavy atom. The molecule has 1 aliphatic rings. The maximum atomic E-state index is 13.5. The molecule has 4 aromatic rings. The third-order valence-corrected chi connectivity index (χ3v) is 5.80. The Labute approximate surface area is 179 Å². The van der Waals surface area contributed by atoms with Crippen LogP contribution in [0.2, 0.25) is 5.02 Å².